The Balaban J connectivity index is 1.87. The number of para-hydroxylation sites is 2. The van der Waals surface area contributed by atoms with Crippen molar-refractivity contribution in [2.45, 2.75) is 0 Å². The van der Waals surface area contributed by atoms with Gasteiger partial charge in [0.15, 0.2) is 5.82 Å². The van der Waals surface area contributed by atoms with Crippen molar-refractivity contribution in [2.75, 3.05) is 12.1 Å². The summed E-state index contributed by atoms with van der Waals surface area (Å²) in [6, 6.07) is 11.8. The molecule has 0 saturated carbocycles. The second kappa shape index (κ2) is 5.13. The van der Waals surface area contributed by atoms with Gasteiger partial charge in [-0.05, 0) is 24.3 Å². The number of benzene rings is 1. The Labute approximate surface area is 117 Å². The van der Waals surface area contributed by atoms with E-state index in [-0.39, 0.29) is 0 Å². The van der Waals surface area contributed by atoms with Crippen LogP contribution in [0.5, 0.6) is 0 Å². The fraction of sp³-hybridized carbons (Fsp3) is 0.133. The third kappa shape index (κ3) is 2.38. The Morgan fingerprint density at radius 3 is 2.70 bits per heavy atom. The maximum Gasteiger partial charge on any atom is 0.167 e. The van der Waals surface area contributed by atoms with E-state index in [0.29, 0.717) is 5.82 Å². The first kappa shape index (κ1) is 12.3. The number of anilines is 1. The highest BCUT2D eigenvalue weighted by Crippen LogP contribution is 2.14. The molecule has 0 amide bonds. The minimum absolute atomic E-state index is 0.717. The molecule has 0 atom stereocenters. The standard InChI is InChI=1S/C15H15N5/c1-19-9-5-6-12(19)10-17-20(2)15-11-16-13-7-3-4-8-14(13)18-15/h3-11H,1-2H3. The number of aryl methyl sites for hydroxylation is 1. The first-order valence-corrected chi connectivity index (χ1v) is 6.35. The summed E-state index contributed by atoms with van der Waals surface area (Å²) in [5, 5.41) is 6.10. The molecule has 0 radical (unpaired) electrons. The van der Waals surface area contributed by atoms with Crippen LogP contribution in [-0.4, -0.2) is 27.8 Å². The molecular formula is C15H15N5. The maximum absolute atomic E-state index is 4.54. The zero-order valence-corrected chi connectivity index (χ0v) is 11.4. The van der Waals surface area contributed by atoms with Crippen molar-refractivity contribution in [3.63, 3.8) is 0 Å². The Bertz CT molecular complexity index is 760. The number of hydrazone groups is 1. The highest BCUT2D eigenvalue weighted by atomic mass is 15.5. The zero-order chi connectivity index (χ0) is 13.9. The van der Waals surface area contributed by atoms with Gasteiger partial charge in [-0.15, -0.1) is 0 Å². The van der Waals surface area contributed by atoms with Crippen LogP contribution < -0.4 is 5.01 Å². The summed E-state index contributed by atoms with van der Waals surface area (Å²) in [4.78, 5) is 8.92. The van der Waals surface area contributed by atoms with Gasteiger partial charge in [-0.3, -0.25) is 4.98 Å². The number of hydrogen-bond acceptors (Lipinski definition) is 4. The van der Waals surface area contributed by atoms with Gasteiger partial charge in [0.1, 0.15) is 0 Å². The molecule has 2 aromatic heterocycles. The molecule has 0 aliphatic rings. The SMILES string of the molecule is CN(N=Cc1cccn1C)c1cnc2ccccc2n1. The van der Waals surface area contributed by atoms with E-state index in [1.54, 1.807) is 17.4 Å². The van der Waals surface area contributed by atoms with Gasteiger partial charge in [-0.1, -0.05) is 12.1 Å². The summed E-state index contributed by atoms with van der Waals surface area (Å²) in [6.07, 6.45) is 5.51. The normalized spacial score (nSPS) is 11.3. The lowest BCUT2D eigenvalue weighted by atomic mass is 10.3. The molecule has 0 aliphatic carbocycles. The molecule has 100 valence electrons. The van der Waals surface area contributed by atoms with E-state index in [0.717, 1.165) is 16.7 Å². The minimum atomic E-state index is 0.717. The lowest BCUT2D eigenvalue weighted by Gasteiger charge is -2.11. The average Bonchev–Trinajstić information content (AvgIpc) is 2.89. The lowest BCUT2D eigenvalue weighted by molar-refractivity contribution is 0.912. The van der Waals surface area contributed by atoms with Crippen molar-refractivity contribution >= 4 is 23.1 Å². The van der Waals surface area contributed by atoms with Gasteiger partial charge in [-0.25, -0.2) is 9.99 Å². The topological polar surface area (TPSA) is 46.3 Å². The molecule has 1 aromatic carbocycles. The quantitative estimate of drug-likeness (QED) is 0.540. The molecular weight excluding hydrogens is 250 g/mol. The number of fused-ring (bicyclic) bond motifs is 1. The van der Waals surface area contributed by atoms with Crippen molar-refractivity contribution in [3.05, 3.63) is 54.5 Å². The van der Waals surface area contributed by atoms with Crippen LogP contribution in [0.4, 0.5) is 5.82 Å². The van der Waals surface area contributed by atoms with E-state index in [1.807, 2.05) is 61.3 Å². The van der Waals surface area contributed by atoms with Gasteiger partial charge in [0.2, 0.25) is 0 Å². The second-order valence-corrected chi connectivity index (χ2v) is 4.53. The molecule has 0 aliphatic heterocycles. The number of aromatic nitrogens is 3. The Kier molecular flexibility index (Phi) is 3.16. The van der Waals surface area contributed by atoms with Crippen molar-refractivity contribution in [1.29, 1.82) is 0 Å². The fourth-order valence-corrected chi connectivity index (χ4v) is 1.92. The molecule has 3 aromatic rings. The van der Waals surface area contributed by atoms with E-state index in [2.05, 4.69) is 15.1 Å². The van der Waals surface area contributed by atoms with Crippen molar-refractivity contribution in [2.24, 2.45) is 12.1 Å². The number of rotatable bonds is 3. The van der Waals surface area contributed by atoms with E-state index < -0.39 is 0 Å². The largest absolute Gasteiger partial charge is 0.350 e. The Hall–Kier alpha value is -2.69. The van der Waals surface area contributed by atoms with Gasteiger partial charge < -0.3 is 4.57 Å². The van der Waals surface area contributed by atoms with Crippen LogP contribution in [0, 0.1) is 0 Å². The van der Waals surface area contributed by atoms with Crippen LogP contribution in [0.3, 0.4) is 0 Å². The van der Waals surface area contributed by atoms with Crippen LogP contribution in [0.25, 0.3) is 11.0 Å². The second-order valence-electron chi connectivity index (χ2n) is 4.53. The predicted octanol–water partition coefficient (Wildman–Crippen LogP) is 2.44. The Morgan fingerprint density at radius 2 is 1.95 bits per heavy atom. The van der Waals surface area contributed by atoms with Crippen molar-refractivity contribution in [3.8, 4) is 0 Å². The van der Waals surface area contributed by atoms with Crippen LogP contribution >= 0.6 is 0 Å². The van der Waals surface area contributed by atoms with Gasteiger partial charge in [0, 0.05) is 20.3 Å². The average molecular weight is 265 g/mol. The molecule has 0 spiro atoms. The monoisotopic (exact) mass is 265 g/mol. The van der Waals surface area contributed by atoms with E-state index in [9.17, 15) is 0 Å². The predicted molar refractivity (Wildman–Crippen MR) is 80.9 cm³/mol. The molecule has 2 heterocycles. The molecule has 0 bridgehead atoms. The molecule has 0 saturated heterocycles. The third-order valence-electron chi connectivity index (χ3n) is 3.11. The highest BCUT2D eigenvalue weighted by molar-refractivity contribution is 5.79. The Morgan fingerprint density at radius 1 is 1.15 bits per heavy atom. The van der Waals surface area contributed by atoms with Crippen molar-refractivity contribution < 1.29 is 0 Å². The summed E-state index contributed by atoms with van der Waals surface area (Å²) in [6.45, 7) is 0. The van der Waals surface area contributed by atoms with Crippen LogP contribution in [0.15, 0.2) is 53.9 Å². The third-order valence-corrected chi connectivity index (χ3v) is 3.11. The van der Waals surface area contributed by atoms with Crippen LogP contribution in [0.1, 0.15) is 5.69 Å². The summed E-state index contributed by atoms with van der Waals surface area (Å²) in [7, 11) is 3.84. The first-order valence-electron chi connectivity index (χ1n) is 6.35. The number of nitrogens with zero attached hydrogens (tertiary/aromatic N) is 5. The molecule has 20 heavy (non-hydrogen) atoms. The van der Waals surface area contributed by atoms with Crippen LogP contribution in [0.2, 0.25) is 0 Å². The van der Waals surface area contributed by atoms with E-state index in [4.69, 9.17) is 0 Å². The molecule has 0 N–H and O–H groups in total. The van der Waals surface area contributed by atoms with Crippen molar-refractivity contribution in [1.82, 2.24) is 14.5 Å². The summed E-state index contributed by atoms with van der Waals surface area (Å²) in [5.74, 6) is 0.717. The van der Waals surface area contributed by atoms with Crippen LogP contribution in [-0.2, 0) is 7.05 Å². The van der Waals surface area contributed by atoms with E-state index in [1.165, 1.54) is 0 Å². The first-order chi connectivity index (χ1) is 9.74. The maximum atomic E-state index is 4.54. The molecule has 0 unspecified atom stereocenters. The highest BCUT2D eigenvalue weighted by Gasteiger charge is 2.03. The summed E-state index contributed by atoms with van der Waals surface area (Å²) in [5.41, 5.74) is 2.78. The van der Waals surface area contributed by atoms with E-state index >= 15 is 0 Å². The summed E-state index contributed by atoms with van der Waals surface area (Å²) < 4.78 is 2.00. The van der Waals surface area contributed by atoms with Gasteiger partial charge in [0.05, 0.1) is 29.1 Å². The molecule has 0 fully saturated rings. The smallest absolute Gasteiger partial charge is 0.167 e. The van der Waals surface area contributed by atoms with Gasteiger partial charge in [0.25, 0.3) is 0 Å². The zero-order valence-electron chi connectivity index (χ0n) is 11.4. The minimum Gasteiger partial charge on any atom is -0.350 e. The molecule has 5 nitrogen and oxygen atoms in total. The van der Waals surface area contributed by atoms with Gasteiger partial charge in [-0.2, -0.15) is 5.10 Å². The molecule has 3 rings (SSSR count). The summed E-state index contributed by atoms with van der Waals surface area (Å²) >= 11 is 0. The lowest BCUT2D eigenvalue weighted by Crippen LogP contribution is -2.11. The fourth-order valence-electron chi connectivity index (χ4n) is 1.92. The number of hydrogen-bond donors (Lipinski definition) is 0. The molecule has 5 heteroatoms. The van der Waals surface area contributed by atoms with Gasteiger partial charge >= 0.3 is 0 Å².